The Bertz CT molecular complexity index is 1120. The minimum atomic E-state index is -1.11. The molecule has 0 atom stereocenters. The highest BCUT2D eigenvalue weighted by atomic mass is 19.1. The summed E-state index contributed by atoms with van der Waals surface area (Å²) in [5, 5.41) is 9.27. The van der Waals surface area contributed by atoms with Crippen LogP contribution in [0.3, 0.4) is 0 Å². The summed E-state index contributed by atoms with van der Waals surface area (Å²) in [5.74, 6) is -2.82. The van der Waals surface area contributed by atoms with Crippen molar-refractivity contribution in [1.29, 1.82) is 0 Å². The SMILES string of the molecule is CN(C)C(=O)Cn1c(Nc2c(F)cc(F)cc2F)nc2cnc(NC3CCNCC3)cc21. The smallest absolute Gasteiger partial charge is 0.242 e. The summed E-state index contributed by atoms with van der Waals surface area (Å²) in [6.45, 7) is 1.71. The van der Waals surface area contributed by atoms with Crippen molar-refractivity contribution in [3.63, 3.8) is 0 Å². The van der Waals surface area contributed by atoms with Gasteiger partial charge in [0.15, 0.2) is 11.6 Å². The molecule has 11 heteroatoms. The van der Waals surface area contributed by atoms with Crippen molar-refractivity contribution in [1.82, 2.24) is 24.8 Å². The summed E-state index contributed by atoms with van der Waals surface area (Å²) in [7, 11) is 3.22. The molecule has 170 valence electrons. The maximum absolute atomic E-state index is 14.2. The Balaban J connectivity index is 1.73. The number of aromatic nitrogens is 3. The van der Waals surface area contributed by atoms with E-state index in [-0.39, 0.29) is 24.4 Å². The average molecular weight is 447 g/mol. The quantitative estimate of drug-likeness (QED) is 0.539. The number of pyridine rings is 1. The maximum Gasteiger partial charge on any atom is 0.242 e. The monoisotopic (exact) mass is 447 g/mol. The van der Waals surface area contributed by atoms with Crippen LogP contribution in [0.4, 0.5) is 30.6 Å². The molecule has 0 unspecified atom stereocenters. The molecule has 1 aliphatic rings. The van der Waals surface area contributed by atoms with Crippen LogP contribution in [0.1, 0.15) is 12.8 Å². The third-order valence-electron chi connectivity index (χ3n) is 5.36. The molecule has 2 aromatic heterocycles. The summed E-state index contributed by atoms with van der Waals surface area (Å²) in [6, 6.07) is 3.18. The van der Waals surface area contributed by atoms with E-state index in [9.17, 15) is 18.0 Å². The lowest BCUT2D eigenvalue weighted by molar-refractivity contribution is -0.129. The van der Waals surface area contributed by atoms with E-state index in [0.717, 1.165) is 25.9 Å². The Labute approximate surface area is 182 Å². The predicted octanol–water partition coefficient (Wildman–Crippen LogP) is 2.84. The molecular formula is C21H24F3N7O. The fourth-order valence-corrected chi connectivity index (χ4v) is 3.59. The van der Waals surface area contributed by atoms with E-state index in [4.69, 9.17) is 0 Å². The molecule has 1 saturated heterocycles. The van der Waals surface area contributed by atoms with E-state index < -0.39 is 23.1 Å². The number of nitrogens with zero attached hydrogens (tertiary/aromatic N) is 4. The molecule has 1 fully saturated rings. The van der Waals surface area contributed by atoms with Gasteiger partial charge in [-0.05, 0) is 25.9 Å². The van der Waals surface area contributed by atoms with Gasteiger partial charge in [0.05, 0.1) is 11.7 Å². The van der Waals surface area contributed by atoms with Crippen LogP contribution in [0.5, 0.6) is 0 Å². The number of carbonyl (C=O) groups excluding carboxylic acids is 1. The van der Waals surface area contributed by atoms with Crippen LogP contribution in [0.25, 0.3) is 11.0 Å². The summed E-state index contributed by atoms with van der Waals surface area (Å²) in [4.78, 5) is 22.6. The Morgan fingerprint density at radius 2 is 1.88 bits per heavy atom. The molecule has 32 heavy (non-hydrogen) atoms. The molecule has 8 nitrogen and oxygen atoms in total. The zero-order chi connectivity index (χ0) is 22.8. The zero-order valence-corrected chi connectivity index (χ0v) is 17.8. The number of carbonyl (C=O) groups is 1. The second kappa shape index (κ2) is 9.03. The number of benzene rings is 1. The van der Waals surface area contributed by atoms with E-state index >= 15 is 0 Å². The van der Waals surface area contributed by atoms with Gasteiger partial charge in [0.2, 0.25) is 11.9 Å². The van der Waals surface area contributed by atoms with Crippen LogP contribution in [0.15, 0.2) is 24.4 Å². The highest BCUT2D eigenvalue weighted by Crippen LogP contribution is 2.28. The predicted molar refractivity (Wildman–Crippen MR) is 115 cm³/mol. The minimum absolute atomic E-state index is 0.0421. The molecule has 0 aliphatic carbocycles. The topological polar surface area (TPSA) is 87.1 Å². The number of piperidine rings is 1. The Kier molecular flexibility index (Phi) is 6.17. The highest BCUT2D eigenvalue weighted by molar-refractivity contribution is 5.85. The Hall–Kier alpha value is -3.34. The van der Waals surface area contributed by atoms with Crippen molar-refractivity contribution in [2.75, 3.05) is 37.8 Å². The highest BCUT2D eigenvalue weighted by Gasteiger charge is 2.20. The van der Waals surface area contributed by atoms with Crippen molar-refractivity contribution in [2.45, 2.75) is 25.4 Å². The number of likely N-dealkylation sites (N-methyl/N-ethyl adjacent to an activating group) is 1. The zero-order valence-electron chi connectivity index (χ0n) is 17.8. The molecule has 0 spiro atoms. The number of rotatable bonds is 6. The molecule has 0 radical (unpaired) electrons. The van der Waals surface area contributed by atoms with Crippen molar-refractivity contribution in [3.05, 3.63) is 41.8 Å². The fourth-order valence-electron chi connectivity index (χ4n) is 3.59. The van der Waals surface area contributed by atoms with Gasteiger partial charge in [-0.15, -0.1) is 0 Å². The van der Waals surface area contributed by atoms with Gasteiger partial charge in [-0.25, -0.2) is 23.1 Å². The van der Waals surface area contributed by atoms with Crippen molar-refractivity contribution < 1.29 is 18.0 Å². The first kappa shape index (κ1) is 21.9. The molecule has 1 amide bonds. The molecule has 1 aromatic carbocycles. The lowest BCUT2D eigenvalue weighted by Crippen LogP contribution is -2.35. The summed E-state index contributed by atoms with van der Waals surface area (Å²) < 4.78 is 43.3. The molecule has 4 rings (SSSR count). The van der Waals surface area contributed by atoms with Crippen molar-refractivity contribution >= 4 is 34.4 Å². The summed E-state index contributed by atoms with van der Waals surface area (Å²) >= 11 is 0. The number of halogens is 3. The third kappa shape index (κ3) is 4.62. The molecule has 1 aliphatic heterocycles. The minimum Gasteiger partial charge on any atom is -0.367 e. The fraction of sp³-hybridized carbons (Fsp3) is 0.381. The number of fused-ring (bicyclic) bond motifs is 1. The third-order valence-corrected chi connectivity index (χ3v) is 5.36. The number of imidazole rings is 1. The van der Waals surface area contributed by atoms with Crippen molar-refractivity contribution in [3.8, 4) is 0 Å². The first-order chi connectivity index (χ1) is 15.3. The largest absolute Gasteiger partial charge is 0.367 e. The number of hydrogen-bond donors (Lipinski definition) is 3. The number of anilines is 3. The van der Waals surface area contributed by atoms with Crippen LogP contribution in [-0.2, 0) is 11.3 Å². The number of nitrogens with one attached hydrogen (secondary N) is 3. The van der Waals surface area contributed by atoms with Crippen LogP contribution < -0.4 is 16.0 Å². The van der Waals surface area contributed by atoms with Gasteiger partial charge in [0.25, 0.3) is 0 Å². The second-order valence-corrected chi connectivity index (χ2v) is 7.91. The maximum atomic E-state index is 14.2. The molecule has 3 N–H and O–H groups in total. The molecule has 0 bridgehead atoms. The van der Waals surface area contributed by atoms with Gasteiger partial charge in [-0.1, -0.05) is 0 Å². The Morgan fingerprint density at radius 3 is 2.53 bits per heavy atom. The standard InChI is InChI=1S/C21H24F3N7O/c1-30(2)19(32)11-31-17-9-18(27-13-3-5-25-6-4-13)26-10-16(17)28-21(31)29-20-14(23)7-12(22)8-15(20)24/h7-10,13,25H,3-6,11H2,1-2H3,(H,26,27)(H,28,29). The van der Waals surface area contributed by atoms with Gasteiger partial charge >= 0.3 is 0 Å². The van der Waals surface area contributed by atoms with Crippen LogP contribution in [0, 0.1) is 17.5 Å². The normalized spacial score (nSPS) is 14.5. The van der Waals surface area contributed by atoms with E-state index in [1.807, 2.05) is 0 Å². The first-order valence-electron chi connectivity index (χ1n) is 10.3. The van der Waals surface area contributed by atoms with Crippen LogP contribution in [0.2, 0.25) is 0 Å². The lowest BCUT2D eigenvalue weighted by Gasteiger charge is -2.24. The van der Waals surface area contributed by atoms with Crippen LogP contribution >= 0.6 is 0 Å². The van der Waals surface area contributed by atoms with Gasteiger partial charge in [0.1, 0.15) is 29.4 Å². The van der Waals surface area contributed by atoms with E-state index in [1.165, 1.54) is 15.7 Å². The average Bonchev–Trinajstić information content (AvgIpc) is 3.08. The van der Waals surface area contributed by atoms with Gasteiger partial charge in [0, 0.05) is 38.3 Å². The van der Waals surface area contributed by atoms with E-state index in [1.54, 1.807) is 20.2 Å². The van der Waals surface area contributed by atoms with Crippen LogP contribution in [-0.4, -0.2) is 58.6 Å². The lowest BCUT2D eigenvalue weighted by atomic mass is 10.1. The summed E-state index contributed by atoms with van der Waals surface area (Å²) in [5.41, 5.74) is 0.455. The van der Waals surface area contributed by atoms with E-state index in [2.05, 4.69) is 25.9 Å². The molecule has 3 aromatic rings. The molecular weight excluding hydrogens is 423 g/mol. The van der Waals surface area contributed by atoms with Gasteiger partial charge in [-0.2, -0.15) is 0 Å². The number of hydrogen-bond acceptors (Lipinski definition) is 6. The van der Waals surface area contributed by atoms with Gasteiger partial charge < -0.3 is 25.4 Å². The van der Waals surface area contributed by atoms with E-state index in [0.29, 0.717) is 29.0 Å². The first-order valence-corrected chi connectivity index (χ1v) is 10.3. The summed E-state index contributed by atoms with van der Waals surface area (Å²) in [6.07, 6.45) is 3.44. The molecule has 3 heterocycles. The van der Waals surface area contributed by atoms with Gasteiger partial charge in [-0.3, -0.25) is 4.79 Å². The van der Waals surface area contributed by atoms with Crippen molar-refractivity contribution in [2.24, 2.45) is 0 Å². The Morgan fingerprint density at radius 1 is 1.19 bits per heavy atom. The molecule has 0 saturated carbocycles. The number of amides is 1. The second-order valence-electron chi connectivity index (χ2n) is 7.91.